The third-order valence-electron chi connectivity index (χ3n) is 3.34. The van der Waals surface area contributed by atoms with Crippen LogP contribution in [0.15, 0.2) is 54.6 Å². The summed E-state index contributed by atoms with van der Waals surface area (Å²) in [5.41, 5.74) is 2.31. The van der Waals surface area contributed by atoms with Crippen LogP contribution in [-0.4, -0.2) is 20.2 Å². The quantitative estimate of drug-likeness (QED) is 0.804. The zero-order valence-electron chi connectivity index (χ0n) is 12.7. The molecule has 0 aliphatic heterocycles. The standard InChI is InChI=1S/C18H23NO2/c1-3-19-13-18(16-10-7-11-17(12-16)20-2)21-14-15-8-5-4-6-9-15/h4-12,18-19H,3,13-14H2,1-2H3. The molecule has 0 aliphatic rings. The summed E-state index contributed by atoms with van der Waals surface area (Å²) in [6, 6.07) is 18.3. The van der Waals surface area contributed by atoms with Crippen LogP contribution >= 0.6 is 0 Å². The molecule has 0 saturated heterocycles. The summed E-state index contributed by atoms with van der Waals surface area (Å²) in [6.45, 7) is 4.42. The van der Waals surface area contributed by atoms with Crippen LogP contribution in [0.1, 0.15) is 24.2 Å². The summed E-state index contributed by atoms with van der Waals surface area (Å²) < 4.78 is 11.4. The first-order valence-corrected chi connectivity index (χ1v) is 7.33. The maximum Gasteiger partial charge on any atom is 0.119 e. The third kappa shape index (κ3) is 4.88. The molecule has 21 heavy (non-hydrogen) atoms. The van der Waals surface area contributed by atoms with Crippen molar-refractivity contribution >= 4 is 0 Å². The second kappa shape index (κ2) is 8.45. The van der Waals surface area contributed by atoms with Gasteiger partial charge in [0.25, 0.3) is 0 Å². The Morgan fingerprint density at radius 1 is 1.05 bits per heavy atom. The van der Waals surface area contributed by atoms with E-state index in [0.717, 1.165) is 24.4 Å². The van der Waals surface area contributed by atoms with E-state index >= 15 is 0 Å². The van der Waals surface area contributed by atoms with Gasteiger partial charge in [0.2, 0.25) is 0 Å². The lowest BCUT2D eigenvalue weighted by Crippen LogP contribution is -2.23. The summed E-state index contributed by atoms with van der Waals surface area (Å²) >= 11 is 0. The lowest BCUT2D eigenvalue weighted by atomic mass is 10.1. The predicted molar refractivity (Wildman–Crippen MR) is 85.5 cm³/mol. The average molecular weight is 285 g/mol. The number of hydrogen-bond acceptors (Lipinski definition) is 3. The van der Waals surface area contributed by atoms with E-state index in [2.05, 4.69) is 30.4 Å². The van der Waals surface area contributed by atoms with Crippen molar-refractivity contribution in [3.63, 3.8) is 0 Å². The highest BCUT2D eigenvalue weighted by Gasteiger charge is 2.12. The number of methoxy groups -OCH3 is 1. The smallest absolute Gasteiger partial charge is 0.119 e. The number of nitrogens with one attached hydrogen (secondary N) is 1. The van der Waals surface area contributed by atoms with Gasteiger partial charge in [0, 0.05) is 6.54 Å². The van der Waals surface area contributed by atoms with Crippen molar-refractivity contribution in [2.75, 3.05) is 20.2 Å². The van der Waals surface area contributed by atoms with Crippen LogP contribution in [0.2, 0.25) is 0 Å². The summed E-state index contributed by atoms with van der Waals surface area (Å²) in [4.78, 5) is 0. The molecule has 112 valence electrons. The third-order valence-corrected chi connectivity index (χ3v) is 3.34. The summed E-state index contributed by atoms with van der Waals surface area (Å²) in [5.74, 6) is 0.859. The molecule has 1 N–H and O–H groups in total. The topological polar surface area (TPSA) is 30.5 Å². The first-order chi connectivity index (χ1) is 10.3. The Morgan fingerprint density at radius 2 is 1.86 bits per heavy atom. The van der Waals surface area contributed by atoms with Gasteiger partial charge in [-0.2, -0.15) is 0 Å². The second-order valence-corrected chi connectivity index (χ2v) is 4.87. The molecule has 0 aliphatic carbocycles. The molecule has 0 saturated carbocycles. The molecule has 0 amide bonds. The fourth-order valence-corrected chi connectivity index (χ4v) is 2.16. The lowest BCUT2D eigenvalue weighted by molar-refractivity contribution is 0.0400. The van der Waals surface area contributed by atoms with Crippen molar-refractivity contribution < 1.29 is 9.47 Å². The van der Waals surface area contributed by atoms with Gasteiger partial charge in [0.15, 0.2) is 0 Å². The minimum Gasteiger partial charge on any atom is -0.497 e. The largest absolute Gasteiger partial charge is 0.497 e. The van der Waals surface area contributed by atoms with Crippen molar-refractivity contribution in [2.24, 2.45) is 0 Å². The first kappa shape index (κ1) is 15.5. The van der Waals surface area contributed by atoms with Crippen LogP contribution < -0.4 is 10.1 Å². The molecule has 2 rings (SSSR count). The highest BCUT2D eigenvalue weighted by molar-refractivity contribution is 5.30. The van der Waals surface area contributed by atoms with Gasteiger partial charge in [-0.1, -0.05) is 49.4 Å². The lowest BCUT2D eigenvalue weighted by Gasteiger charge is -2.19. The van der Waals surface area contributed by atoms with Gasteiger partial charge in [0.1, 0.15) is 5.75 Å². The number of hydrogen-bond donors (Lipinski definition) is 1. The molecule has 3 heteroatoms. The summed E-state index contributed by atoms with van der Waals surface area (Å²) in [7, 11) is 1.68. The van der Waals surface area contributed by atoms with Gasteiger partial charge in [-0.15, -0.1) is 0 Å². The van der Waals surface area contributed by atoms with Crippen LogP contribution in [0.3, 0.4) is 0 Å². The van der Waals surface area contributed by atoms with Crippen molar-refractivity contribution in [3.8, 4) is 5.75 Å². The average Bonchev–Trinajstić information content (AvgIpc) is 2.56. The van der Waals surface area contributed by atoms with E-state index in [1.54, 1.807) is 7.11 Å². The molecule has 0 heterocycles. The van der Waals surface area contributed by atoms with E-state index in [9.17, 15) is 0 Å². The number of rotatable bonds is 8. The maximum absolute atomic E-state index is 6.10. The molecule has 1 unspecified atom stereocenters. The fraction of sp³-hybridized carbons (Fsp3) is 0.333. The molecule has 1 atom stereocenters. The first-order valence-electron chi connectivity index (χ1n) is 7.33. The molecule has 3 nitrogen and oxygen atoms in total. The van der Waals surface area contributed by atoms with Gasteiger partial charge < -0.3 is 14.8 Å². The Kier molecular flexibility index (Phi) is 6.25. The SMILES string of the molecule is CCNCC(OCc1ccccc1)c1cccc(OC)c1. The Hall–Kier alpha value is -1.84. The van der Waals surface area contributed by atoms with Gasteiger partial charge in [0.05, 0.1) is 19.8 Å². The minimum absolute atomic E-state index is 0.0141. The predicted octanol–water partition coefficient (Wildman–Crippen LogP) is 3.56. The van der Waals surface area contributed by atoms with Gasteiger partial charge >= 0.3 is 0 Å². The molecule has 0 bridgehead atoms. The monoisotopic (exact) mass is 285 g/mol. The van der Waals surface area contributed by atoms with Crippen LogP contribution in [0.25, 0.3) is 0 Å². The van der Waals surface area contributed by atoms with Gasteiger partial charge in [-0.05, 0) is 29.8 Å². The number of likely N-dealkylation sites (N-methyl/N-ethyl adjacent to an activating group) is 1. The van der Waals surface area contributed by atoms with Gasteiger partial charge in [-0.3, -0.25) is 0 Å². The number of ether oxygens (including phenoxy) is 2. The summed E-state index contributed by atoms with van der Waals surface area (Å²) in [6.07, 6.45) is 0.0141. The highest BCUT2D eigenvalue weighted by Crippen LogP contribution is 2.22. The molecule has 0 spiro atoms. The fourth-order valence-electron chi connectivity index (χ4n) is 2.16. The molecule has 0 aromatic heterocycles. The molecule has 0 fully saturated rings. The second-order valence-electron chi connectivity index (χ2n) is 4.87. The van der Waals surface area contributed by atoms with Crippen LogP contribution in [-0.2, 0) is 11.3 Å². The Labute approximate surface area is 126 Å². The van der Waals surface area contributed by atoms with E-state index in [4.69, 9.17) is 9.47 Å². The summed E-state index contributed by atoms with van der Waals surface area (Å²) in [5, 5.41) is 3.35. The Balaban J connectivity index is 2.06. The van der Waals surface area contributed by atoms with E-state index in [-0.39, 0.29) is 6.10 Å². The molecular weight excluding hydrogens is 262 g/mol. The van der Waals surface area contributed by atoms with Crippen molar-refractivity contribution in [3.05, 3.63) is 65.7 Å². The molecule has 2 aromatic carbocycles. The van der Waals surface area contributed by atoms with E-state index in [1.807, 2.05) is 36.4 Å². The van der Waals surface area contributed by atoms with Gasteiger partial charge in [-0.25, -0.2) is 0 Å². The van der Waals surface area contributed by atoms with Crippen LogP contribution in [0, 0.1) is 0 Å². The molecular formula is C18H23NO2. The highest BCUT2D eigenvalue weighted by atomic mass is 16.5. The minimum atomic E-state index is 0.0141. The van der Waals surface area contributed by atoms with Crippen molar-refractivity contribution in [2.45, 2.75) is 19.6 Å². The van der Waals surface area contributed by atoms with Crippen molar-refractivity contribution in [1.82, 2.24) is 5.32 Å². The normalized spacial score (nSPS) is 12.1. The van der Waals surface area contributed by atoms with Crippen LogP contribution in [0.5, 0.6) is 5.75 Å². The zero-order valence-corrected chi connectivity index (χ0v) is 12.7. The number of benzene rings is 2. The van der Waals surface area contributed by atoms with E-state index in [1.165, 1.54) is 5.56 Å². The maximum atomic E-state index is 6.10. The van der Waals surface area contributed by atoms with Crippen LogP contribution in [0.4, 0.5) is 0 Å². The Morgan fingerprint density at radius 3 is 2.57 bits per heavy atom. The van der Waals surface area contributed by atoms with Crippen molar-refractivity contribution in [1.29, 1.82) is 0 Å². The molecule has 0 radical (unpaired) electrons. The van der Waals surface area contributed by atoms with E-state index in [0.29, 0.717) is 6.61 Å². The van der Waals surface area contributed by atoms with E-state index < -0.39 is 0 Å². The Bertz CT molecular complexity index is 528. The molecule has 2 aromatic rings. The zero-order chi connectivity index (χ0) is 14.9.